The van der Waals surface area contributed by atoms with Crippen LogP contribution in [0.3, 0.4) is 0 Å². The third kappa shape index (κ3) is 4.70. The monoisotopic (exact) mass is 362 g/mol. The molecule has 0 unspecified atom stereocenters. The Balaban J connectivity index is 1.62. The van der Waals surface area contributed by atoms with Crippen molar-refractivity contribution in [2.45, 2.75) is 6.92 Å². The number of amides is 1. The molecule has 3 aromatic rings. The number of esters is 1. The van der Waals surface area contributed by atoms with E-state index in [9.17, 15) is 9.59 Å². The van der Waals surface area contributed by atoms with Gasteiger partial charge in [-0.05, 0) is 55.5 Å². The number of carbonyl (C=O) groups excluding carboxylic acids is 2. The first-order valence-corrected chi connectivity index (χ1v) is 8.25. The quantitative estimate of drug-likeness (QED) is 0.688. The average Bonchev–Trinajstić information content (AvgIpc) is 2.70. The van der Waals surface area contributed by atoms with E-state index < -0.39 is 5.97 Å². The molecule has 0 atom stereocenters. The number of rotatable bonds is 5. The molecule has 0 saturated heterocycles. The fourth-order valence-corrected chi connectivity index (χ4v) is 2.31. The summed E-state index contributed by atoms with van der Waals surface area (Å²) in [6.45, 7) is 2.01. The number of ether oxygens (including phenoxy) is 2. The first-order valence-electron chi connectivity index (χ1n) is 8.25. The first-order chi connectivity index (χ1) is 13.0. The summed E-state index contributed by atoms with van der Waals surface area (Å²) in [5.74, 6) is 0.530. The SMILES string of the molecule is COC(=O)c1ccc(C(=O)Nc2ccc(Oc3ccc(C)cc3)cc2)nc1. The summed E-state index contributed by atoms with van der Waals surface area (Å²) < 4.78 is 10.4. The molecule has 0 aliphatic rings. The molecule has 0 fully saturated rings. The van der Waals surface area contributed by atoms with Gasteiger partial charge in [0.25, 0.3) is 5.91 Å². The van der Waals surface area contributed by atoms with Crippen molar-refractivity contribution in [2.24, 2.45) is 0 Å². The predicted molar refractivity (Wildman–Crippen MR) is 101 cm³/mol. The molecule has 136 valence electrons. The lowest BCUT2D eigenvalue weighted by Crippen LogP contribution is -2.14. The van der Waals surface area contributed by atoms with Crippen LogP contribution in [0.2, 0.25) is 0 Å². The number of pyridine rings is 1. The van der Waals surface area contributed by atoms with Crippen LogP contribution in [-0.2, 0) is 4.74 Å². The number of nitrogens with zero attached hydrogens (tertiary/aromatic N) is 1. The zero-order valence-electron chi connectivity index (χ0n) is 14.9. The molecule has 0 aliphatic heterocycles. The molecule has 3 rings (SSSR count). The number of hydrogen-bond acceptors (Lipinski definition) is 5. The van der Waals surface area contributed by atoms with Gasteiger partial charge >= 0.3 is 5.97 Å². The first kappa shape index (κ1) is 18.1. The van der Waals surface area contributed by atoms with Crippen LogP contribution in [0.15, 0.2) is 66.9 Å². The molecular formula is C21H18N2O4. The van der Waals surface area contributed by atoms with Crippen LogP contribution >= 0.6 is 0 Å². The normalized spacial score (nSPS) is 10.1. The highest BCUT2D eigenvalue weighted by Crippen LogP contribution is 2.23. The second-order valence-electron chi connectivity index (χ2n) is 5.82. The third-order valence-corrected chi connectivity index (χ3v) is 3.79. The van der Waals surface area contributed by atoms with E-state index in [0.717, 1.165) is 11.3 Å². The Hall–Kier alpha value is -3.67. The molecule has 0 radical (unpaired) electrons. The van der Waals surface area contributed by atoms with Gasteiger partial charge in [-0.15, -0.1) is 0 Å². The number of carbonyl (C=O) groups is 2. The standard InChI is InChI=1S/C21H18N2O4/c1-14-3-8-17(9-4-14)27-18-10-6-16(7-11-18)23-20(24)19-12-5-15(13-22-19)21(25)26-2/h3-13H,1-2H3,(H,23,24). The Morgan fingerprint density at radius 2 is 1.52 bits per heavy atom. The summed E-state index contributed by atoms with van der Waals surface area (Å²) in [7, 11) is 1.29. The number of aromatic nitrogens is 1. The lowest BCUT2D eigenvalue weighted by Gasteiger charge is -2.08. The highest BCUT2D eigenvalue weighted by molar-refractivity contribution is 6.03. The van der Waals surface area contributed by atoms with Crippen molar-refractivity contribution in [3.63, 3.8) is 0 Å². The van der Waals surface area contributed by atoms with Crippen molar-refractivity contribution in [1.82, 2.24) is 4.98 Å². The number of methoxy groups -OCH3 is 1. The van der Waals surface area contributed by atoms with Crippen LogP contribution < -0.4 is 10.1 Å². The third-order valence-electron chi connectivity index (χ3n) is 3.79. The molecule has 6 heteroatoms. The van der Waals surface area contributed by atoms with Crippen molar-refractivity contribution in [3.8, 4) is 11.5 Å². The van der Waals surface area contributed by atoms with E-state index in [0.29, 0.717) is 11.4 Å². The van der Waals surface area contributed by atoms with Gasteiger partial charge in [0.15, 0.2) is 0 Å². The maximum atomic E-state index is 12.3. The molecule has 1 aromatic heterocycles. The van der Waals surface area contributed by atoms with Gasteiger partial charge in [0, 0.05) is 11.9 Å². The van der Waals surface area contributed by atoms with E-state index in [1.54, 1.807) is 24.3 Å². The number of benzene rings is 2. The minimum atomic E-state index is -0.501. The Kier molecular flexibility index (Phi) is 5.47. The predicted octanol–water partition coefficient (Wildman–Crippen LogP) is 4.22. The Morgan fingerprint density at radius 3 is 2.07 bits per heavy atom. The smallest absolute Gasteiger partial charge is 0.339 e. The van der Waals surface area contributed by atoms with Crippen LogP contribution in [0, 0.1) is 6.92 Å². The van der Waals surface area contributed by atoms with Crippen LogP contribution in [0.4, 0.5) is 5.69 Å². The molecule has 1 heterocycles. The van der Waals surface area contributed by atoms with Gasteiger partial charge in [-0.25, -0.2) is 4.79 Å². The van der Waals surface area contributed by atoms with E-state index in [1.165, 1.54) is 25.4 Å². The Bertz CT molecular complexity index is 933. The van der Waals surface area contributed by atoms with Gasteiger partial charge in [-0.1, -0.05) is 17.7 Å². The fourth-order valence-electron chi connectivity index (χ4n) is 2.31. The van der Waals surface area contributed by atoms with Gasteiger partial charge in [-0.3, -0.25) is 9.78 Å². The van der Waals surface area contributed by atoms with E-state index >= 15 is 0 Å². The summed E-state index contributed by atoms with van der Waals surface area (Å²) in [6, 6.07) is 17.7. The van der Waals surface area contributed by atoms with Crippen LogP contribution in [0.25, 0.3) is 0 Å². The zero-order chi connectivity index (χ0) is 19.2. The molecule has 27 heavy (non-hydrogen) atoms. The van der Waals surface area contributed by atoms with E-state index in [1.807, 2.05) is 31.2 Å². The maximum absolute atomic E-state index is 12.3. The molecular weight excluding hydrogens is 344 g/mol. The molecule has 6 nitrogen and oxygen atoms in total. The van der Waals surface area contributed by atoms with Crippen molar-refractivity contribution < 1.29 is 19.1 Å². The second kappa shape index (κ2) is 8.14. The van der Waals surface area contributed by atoms with Crippen molar-refractivity contribution in [3.05, 3.63) is 83.7 Å². The largest absolute Gasteiger partial charge is 0.465 e. The lowest BCUT2D eigenvalue weighted by molar-refractivity contribution is 0.0600. The van der Waals surface area contributed by atoms with Crippen molar-refractivity contribution >= 4 is 17.6 Å². The molecule has 0 bridgehead atoms. The topological polar surface area (TPSA) is 77.5 Å². The van der Waals surface area contributed by atoms with Crippen molar-refractivity contribution in [1.29, 1.82) is 0 Å². The van der Waals surface area contributed by atoms with Gasteiger partial charge in [0.05, 0.1) is 12.7 Å². The lowest BCUT2D eigenvalue weighted by atomic mass is 10.2. The van der Waals surface area contributed by atoms with Gasteiger partial charge in [0.2, 0.25) is 0 Å². The number of nitrogens with one attached hydrogen (secondary N) is 1. The Labute approximate surface area is 156 Å². The molecule has 0 spiro atoms. The second-order valence-corrected chi connectivity index (χ2v) is 5.82. The molecule has 0 aliphatic carbocycles. The number of hydrogen-bond donors (Lipinski definition) is 1. The molecule has 2 aromatic carbocycles. The maximum Gasteiger partial charge on any atom is 0.339 e. The van der Waals surface area contributed by atoms with Gasteiger partial charge in [0.1, 0.15) is 17.2 Å². The Morgan fingerprint density at radius 1 is 0.889 bits per heavy atom. The minimum Gasteiger partial charge on any atom is -0.465 e. The van der Waals surface area contributed by atoms with Crippen LogP contribution in [0.1, 0.15) is 26.4 Å². The summed E-state index contributed by atoms with van der Waals surface area (Å²) in [4.78, 5) is 27.6. The van der Waals surface area contributed by atoms with Crippen LogP contribution in [0.5, 0.6) is 11.5 Å². The highest BCUT2D eigenvalue weighted by atomic mass is 16.5. The number of anilines is 1. The molecule has 1 N–H and O–H groups in total. The fraction of sp³-hybridized carbons (Fsp3) is 0.0952. The van der Waals surface area contributed by atoms with E-state index in [2.05, 4.69) is 15.0 Å². The zero-order valence-corrected chi connectivity index (χ0v) is 14.9. The van der Waals surface area contributed by atoms with E-state index in [4.69, 9.17) is 4.74 Å². The summed E-state index contributed by atoms with van der Waals surface area (Å²) in [5, 5.41) is 2.75. The highest BCUT2D eigenvalue weighted by Gasteiger charge is 2.11. The minimum absolute atomic E-state index is 0.197. The summed E-state index contributed by atoms with van der Waals surface area (Å²) in [5.41, 5.74) is 2.25. The van der Waals surface area contributed by atoms with Gasteiger partial charge in [-0.2, -0.15) is 0 Å². The summed E-state index contributed by atoms with van der Waals surface area (Å²) in [6.07, 6.45) is 1.30. The number of aryl methyl sites for hydroxylation is 1. The average molecular weight is 362 g/mol. The molecule has 1 amide bonds. The van der Waals surface area contributed by atoms with Gasteiger partial charge < -0.3 is 14.8 Å². The van der Waals surface area contributed by atoms with Crippen LogP contribution in [-0.4, -0.2) is 24.0 Å². The molecule has 0 saturated carbocycles. The summed E-state index contributed by atoms with van der Waals surface area (Å²) >= 11 is 0. The van der Waals surface area contributed by atoms with E-state index in [-0.39, 0.29) is 17.2 Å². The van der Waals surface area contributed by atoms with Crippen molar-refractivity contribution in [2.75, 3.05) is 12.4 Å².